The Labute approximate surface area is 101 Å². The number of methoxy groups -OCH3 is 1. The number of nitrogen functional groups attached to an aromatic ring is 1. The maximum absolute atomic E-state index is 11.9. The van der Waals surface area contributed by atoms with Gasteiger partial charge >= 0.3 is 0 Å². The highest BCUT2D eigenvalue weighted by Crippen LogP contribution is 2.14. The number of hydrogen-bond donors (Lipinski definition) is 2. The Morgan fingerprint density at radius 1 is 1.59 bits per heavy atom. The molecular formula is C12H19N3O2. The second-order valence-electron chi connectivity index (χ2n) is 4.74. The van der Waals surface area contributed by atoms with E-state index in [1.54, 1.807) is 19.4 Å². The van der Waals surface area contributed by atoms with E-state index in [-0.39, 0.29) is 11.3 Å². The molecule has 5 nitrogen and oxygen atoms in total. The minimum atomic E-state index is -0.186. The van der Waals surface area contributed by atoms with Crippen molar-refractivity contribution in [3.05, 3.63) is 24.0 Å². The molecule has 0 aromatic carbocycles. The molecule has 0 spiro atoms. The summed E-state index contributed by atoms with van der Waals surface area (Å²) >= 11 is 0. The van der Waals surface area contributed by atoms with Crippen LogP contribution in [-0.4, -0.2) is 31.2 Å². The van der Waals surface area contributed by atoms with Crippen LogP contribution in [0.25, 0.3) is 0 Å². The quantitative estimate of drug-likeness (QED) is 0.803. The minimum Gasteiger partial charge on any atom is -0.397 e. The molecule has 0 radical (unpaired) electrons. The maximum atomic E-state index is 11.9. The molecule has 17 heavy (non-hydrogen) atoms. The van der Waals surface area contributed by atoms with Crippen molar-refractivity contribution in [2.75, 3.05) is 26.0 Å². The van der Waals surface area contributed by atoms with Gasteiger partial charge in [0.2, 0.25) is 0 Å². The van der Waals surface area contributed by atoms with Gasteiger partial charge < -0.3 is 15.8 Å². The first kappa shape index (κ1) is 13.4. The van der Waals surface area contributed by atoms with E-state index < -0.39 is 0 Å². The zero-order valence-corrected chi connectivity index (χ0v) is 10.5. The number of carbonyl (C=O) groups excluding carboxylic acids is 1. The Balaban J connectivity index is 2.59. The van der Waals surface area contributed by atoms with Crippen molar-refractivity contribution in [2.24, 2.45) is 5.41 Å². The van der Waals surface area contributed by atoms with Crippen molar-refractivity contribution < 1.29 is 9.53 Å². The molecule has 1 heterocycles. The lowest BCUT2D eigenvalue weighted by molar-refractivity contribution is 0.0847. The normalized spacial score (nSPS) is 11.2. The number of aromatic nitrogens is 1. The first-order valence-corrected chi connectivity index (χ1v) is 5.43. The largest absolute Gasteiger partial charge is 0.397 e. The van der Waals surface area contributed by atoms with E-state index in [0.717, 1.165) is 0 Å². The second kappa shape index (κ2) is 5.63. The molecule has 3 N–H and O–H groups in total. The van der Waals surface area contributed by atoms with Crippen LogP contribution < -0.4 is 11.1 Å². The average Bonchev–Trinajstić information content (AvgIpc) is 2.27. The fraction of sp³-hybridized carbons (Fsp3) is 0.500. The molecule has 0 atom stereocenters. The predicted molar refractivity (Wildman–Crippen MR) is 66.6 cm³/mol. The predicted octanol–water partition coefficient (Wildman–Crippen LogP) is 1.07. The number of ether oxygens (including phenoxy) is 1. The number of nitrogens with zero attached hydrogens (tertiary/aromatic N) is 1. The van der Waals surface area contributed by atoms with Gasteiger partial charge in [0, 0.05) is 25.3 Å². The number of rotatable bonds is 5. The number of pyridine rings is 1. The molecule has 5 heteroatoms. The van der Waals surface area contributed by atoms with Gasteiger partial charge in [0.05, 0.1) is 24.1 Å². The molecule has 1 aromatic rings. The first-order valence-electron chi connectivity index (χ1n) is 5.43. The molecule has 0 unspecified atom stereocenters. The third-order valence-corrected chi connectivity index (χ3v) is 2.36. The monoisotopic (exact) mass is 237 g/mol. The van der Waals surface area contributed by atoms with E-state index in [9.17, 15) is 4.79 Å². The average molecular weight is 237 g/mol. The van der Waals surface area contributed by atoms with E-state index in [0.29, 0.717) is 24.4 Å². The number of carbonyl (C=O) groups is 1. The summed E-state index contributed by atoms with van der Waals surface area (Å²) in [6.07, 6.45) is 3.01. The molecule has 1 amide bonds. The summed E-state index contributed by atoms with van der Waals surface area (Å²) in [5.74, 6) is -0.186. The number of amides is 1. The SMILES string of the molecule is COCC(C)(C)CNC(=O)c1ccncc1N. The van der Waals surface area contributed by atoms with Crippen molar-refractivity contribution >= 4 is 11.6 Å². The zero-order valence-electron chi connectivity index (χ0n) is 10.5. The van der Waals surface area contributed by atoms with Gasteiger partial charge in [0.25, 0.3) is 5.91 Å². The number of nitrogens with two attached hydrogens (primary N) is 1. The fourth-order valence-corrected chi connectivity index (χ4v) is 1.47. The Morgan fingerprint density at radius 3 is 2.88 bits per heavy atom. The van der Waals surface area contributed by atoms with Gasteiger partial charge in [-0.15, -0.1) is 0 Å². The molecule has 1 rings (SSSR count). The van der Waals surface area contributed by atoms with Crippen LogP contribution in [0.2, 0.25) is 0 Å². The third kappa shape index (κ3) is 4.03. The van der Waals surface area contributed by atoms with Crippen LogP contribution in [0.4, 0.5) is 5.69 Å². The fourth-order valence-electron chi connectivity index (χ4n) is 1.47. The summed E-state index contributed by atoms with van der Waals surface area (Å²) < 4.78 is 5.08. The topological polar surface area (TPSA) is 77.2 Å². The van der Waals surface area contributed by atoms with E-state index >= 15 is 0 Å². The van der Waals surface area contributed by atoms with Crippen LogP contribution in [-0.2, 0) is 4.74 Å². The Hall–Kier alpha value is -1.62. The van der Waals surface area contributed by atoms with Crippen molar-refractivity contribution in [3.8, 4) is 0 Å². The van der Waals surface area contributed by atoms with Crippen LogP contribution >= 0.6 is 0 Å². The number of hydrogen-bond acceptors (Lipinski definition) is 4. The maximum Gasteiger partial charge on any atom is 0.253 e. The molecule has 0 saturated carbocycles. The lowest BCUT2D eigenvalue weighted by atomic mass is 9.95. The smallest absolute Gasteiger partial charge is 0.253 e. The van der Waals surface area contributed by atoms with Gasteiger partial charge in [-0.2, -0.15) is 0 Å². The van der Waals surface area contributed by atoms with Crippen LogP contribution in [0.5, 0.6) is 0 Å². The Morgan fingerprint density at radius 2 is 2.29 bits per heavy atom. The van der Waals surface area contributed by atoms with Crippen molar-refractivity contribution in [3.63, 3.8) is 0 Å². The van der Waals surface area contributed by atoms with Gasteiger partial charge in [-0.3, -0.25) is 9.78 Å². The Kier molecular flexibility index (Phi) is 4.45. The van der Waals surface area contributed by atoms with E-state index in [1.165, 1.54) is 6.20 Å². The molecule has 0 bridgehead atoms. The first-order chi connectivity index (χ1) is 7.96. The van der Waals surface area contributed by atoms with Crippen LogP contribution in [0.15, 0.2) is 18.5 Å². The summed E-state index contributed by atoms with van der Waals surface area (Å²) in [7, 11) is 1.64. The third-order valence-electron chi connectivity index (χ3n) is 2.36. The molecule has 0 saturated heterocycles. The number of nitrogens with one attached hydrogen (secondary N) is 1. The van der Waals surface area contributed by atoms with Crippen LogP contribution in [0.1, 0.15) is 24.2 Å². The van der Waals surface area contributed by atoms with Gasteiger partial charge in [-0.1, -0.05) is 13.8 Å². The lowest BCUT2D eigenvalue weighted by Crippen LogP contribution is -2.36. The van der Waals surface area contributed by atoms with Gasteiger partial charge in [0.1, 0.15) is 0 Å². The second-order valence-corrected chi connectivity index (χ2v) is 4.74. The summed E-state index contributed by atoms with van der Waals surface area (Å²) in [5, 5.41) is 2.84. The molecule has 1 aromatic heterocycles. The molecule has 0 aliphatic carbocycles. The molecular weight excluding hydrogens is 218 g/mol. The van der Waals surface area contributed by atoms with Crippen molar-refractivity contribution in [1.29, 1.82) is 0 Å². The van der Waals surface area contributed by atoms with E-state index in [4.69, 9.17) is 10.5 Å². The summed E-state index contributed by atoms with van der Waals surface area (Å²) in [4.78, 5) is 15.7. The van der Waals surface area contributed by atoms with Gasteiger partial charge in [-0.25, -0.2) is 0 Å². The van der Waals surface area contributed by atoms with Crippen LogP contribution in [0, 0.1) is 5.41 Å². The lowest BCUT2D eigenvalue weighted by Gasteiger charge is -2.23. The highest BCUT2D eigenvalue weighted by molar-refractivity contribution is 5.98. The van der Waals surface area contributed by atoms with Gasteiger partial charge in [-0.05, 0) is 6.07 Å². The molecule has 0 aliphatic rings. The standard InChI is InChI=1S/C12H19N3O2/c1-12(2,8-17-3)7-15-11(16)9-4-5-14-6-10(9)13/h4-6H,7-8,13H2,1-3H3,(H,15,16). The number of anilines is 1. The summed E-state index contributed by atoms with van der Waals surface area (Å²) in [6, 6.07) is 1.61. The molecule has 0 aliphatic heterocycles. The minimum absolute atomic E-state index is 0.105. The highest BCUT2D eigenvalue weighted by Gasteiger charge is 2.19. The molecule has 94 valence electrons. The van der Waals surface area contributed by atoms with Crippen molar-refractivity contribution in [1.82, 2.24) is 10.3 Å². The zero-order chi connectivity index (χ0) is 12.9. The van der Waals surface area contributed by atoms with E-state index in [1.807, 2.05) is 13.8 Å². The summed E-state index contributed by atoms with van der Waals surface area (Å²) in [5.41, 5.74) is 6.40. The van der Waals surface area contributed by atoms with Crippen LogP contribution in [0.3, 0.4) is 0 Å². The van der Waals surface area contributed by atoms with E-state index in [2.05, 4.69) is 10.3 Å². The Bertz CT molecular complexity index is 391. The van der Waals surface area contributed by atoms with Gasteiger partial charge in [0.15, 0.2) is 0 Å². The molecule has 0 fully saturated rings. The highest BCUT2D eigenvalue weighted by atomic mass is 16.5. The van der Waals surface area contributed by atoms with Crippen molar-refractivity contribution in [2.45, 2.75) is 13.8 Å². The summed E-state index contributed by atoms with van der Waals surface area (Å²) in [6.45, 7) is 5.15.